The highest BCUT2D eigenvalue weighted by molar-refractivity contribution is 5.27. The van der Waals surface area contributed by atoms with Gasteiger partial charge in [-0.05, 0) is 30.2 Å². The SMILES string of the molecule is CC(CN)C(O)c1cccc(C(F)(F)F)c1. The molecule has 0 saturated carbocycles. The fraction of sp³-hybridized carbons (Fsp3) is 0.455. The highest BCUT2D eigenvalue weighted by Gasteiger charge is 2.31. The number of alkyl halides is 3. The van der Waals surface area contributed by atoms with Gasteiger partial charge in [-0.25, -0.2) is 0 Å². The normalized spacial score (nSPS) is 15.9. The maximum Gasteiger partial charge on any atom is 0.416 e. The molecule has 0 spiro atoms. The summed E-state index contributed by atoms with van der Waals surface area (Å²) in [5.41, 5.74) is 4.84. The van der Waals surface area contributed by atoms with E-state index in [9.17, 15) is 18.3 Å². The first kappa shape index (κ1) is 13.0. The molecule has 0 aromatic heterocycles. The van der Waals surface area contributed by atoms with Crippen LogP contribution in [0.1, 0.15) is 24.2 Å². The Balaban J connectivity index is 2.99. The van der Waals surface area contributed by atoms with E-state index in [0.29, 0.717) is 0 Å². The lowest BCUT2D eigenvalue weighted by Gasteiger charge is -2.18. The molecule has 0 radical (unpaired) electrons. The lowest BCUT2D eigenvalue weighted by atomic mass is 9.96. The molecule has 0 aliphatic carbocycles. The van der Waals surface area contributed by atoms with Gasteiger partial charge >= 0.3 is 6.18 Å². The van der Waals surface area contributed by atoms with E-state index >= 15 is 0 Å². The number of rotatable bonds is 3. The first-order valence-corrected chi connectivity index (χ1v) is 4.91. The largest absolute Gasteiger partial charge is 0.416 e. The number of benzene rings is 1. The Bertz CT molecular complexity index is 351. The first-order chi connectivity index (χ1) is 7.36. The maximum absolute atomic E-state index is 12.4. The van der Waals surface area contributed by atoms with E-state index in [-0.39, 0.29) is 18.0 Å². The molecular weight excluding hydrogens is 219 g/mol. The monoisotopic (exact) mass is 233 g/mol. The van der Waals surface area contributed by atoms with Crippen LogP contribution in [-0.2, 0) is 6.18 Å². The highest BCUT2D eigenvalue weighted by Crippen LogP contribution is 2.31. The summed E-state index contributed by atoms with van der Waals surface area (Å²) >= 11 is 0. The minimum Gasteiger partial charge on any atom is -0.388 e. The molecule has 0 aliphatic heterocycles. The Morgan fingerprint density at radius 3 is 2.50 bits per heavy atom. The van der Waals surface area contributed by atoms with Crippen LogP contribution in [0.15, 0.2) is 24.3 Å². The summed E-state index contributed by atoms with van der Waals surface area (Å²) in [7, 11) is 0. The second-order valence-corrected chi connectivity index (χ2v) is 3.78. The summed E-state index contributed by atoms with van der Waals surface area (Å²) in [5, 5.41) is 9.73. The van der Waals surface area contributed by atoms with Crippen LogP contribution in [0, 0.1) is 5.92 Å². The zero-order chi connectivity index (χ0) is 12.3. The summed E-state index contributed by atoms with van der Waals surface area (Å²) in [4.78, 5) is 0. The molecular formula is C11H14F3NO. The standard InChI is InChI=1S/C11H14F3NO/c1-7(6-15)10(16)8-3-2-4-9(5-8)11(12,13)14/h2-5,7,10,16H,6,15H2,1H3. The van der Waals surface area contributed by atoms with Gasteiger partial charge in [-0.3, -0.25) is 0 Å². The summed E-state index contributed by atoms with van der Waals surface area (Å²) in [6, 6.07) is 4.68. The average Bonchev–Trinajstić information content (AvgIpc) is 2.26. The quantitative estimate of drug-likeness (QED) is 0.841. The molecule has 0 fully saturated rings. The van der Waals surface area contributed by atoms with Gasteiger partial charge < -0.3 is 10.8 Å². The van der Waals surface area contributed by atoms with Crippen molar-refractivity contribution in [1.82, 2.24) is 0 Å². The van der Waals surface area contributed by atoms with Gasteiger partial charge in [0.2, 0.25) is 0 Å². The van der Waals surface area contributed by atoms with Crippen LogP contribution < -0.4 is 5.73 Å². The van der Waals surface area contributed by atoms with E-state index in [0.717, 1.165) is 12.1 Å². The predicted molar refractivity (Wildman–Crippen MR) is 54.6 cm³/mol. The summed E-state index contributed by atoms with van der Waals surface area (Å²) in [5.74, 6) is -0.275. The molecule has 0 amide bonds. The van der Waals surface area contributed by atoms with Gasteiger partial charge in [0, 0.05) is 0 Å². The fourth-order valence-electron chi connectivity index (χ4n) is 1.36. The molecule has 16 heavy (non-hydrogen) atoms. The number of hydrogen-bond donors (Lipinski definition) is 2. The van der Waals surface area contributed by atoms with Gasteiger partial charge in [-0.1, -0.05) is 19.1 Å². The Labute approximate surface area is 91.9 Å². The van der Waals surface area contributed by atoms with Crippen molar-refractivity contribution >= 4 is 0 Å². The zero-order valence-electron chi connectivity index (χ0n) is 8.83. The van der Waals surface area contributed by atoms with Crippen LogP contribution >= 0.6 is 0 Å². The Morgan fingerprint density at radius 1 is 1.38 bits per heavy atom. The van der Waals surface area contributed by atoms with Gasteiger partial charge in [0.15, 0.2) is 0 Å². The van der Waals surface area contributed by atoms with Gasteiger partial charge in [-0.15, -0.1) is 0 Å². The minimum absolute atomic E-state index is 0.220. The van der Waals surface area contributed by atoms with E-state index in [1.807, 2.05) is 0 Å². The average molecular weight is 233 g/mol. The molecule has 2 nitrogen and oxygen atoms in total. The number of aliphatic hydroxyl groups is 1. The smallest absolute Gasteiger partial charge is 0.388 e. The zero-order valence-corrected chi connectivity index (χ0v) is 8.83. The van der Waals surface area contributed by atoms with E-state index in [1.54, 1.807) is 6.92 Å². The second kappa shape index (κ2) is 4.84. The predicted octanol–water partition coefficient (Wildman–Crippen LogP) is 2.33. The van der Waals surface area contributed by atoms with Gasteiger partial charge in [0.25, 0.3) is 0 Å². The molecule has 1 rings (SSSR count). The molecule has 3 N–H and O–H groups in total. The van der Waals surface area contributed by atoms with E-state index in [1.165, 1.54) is 12.1 Å². The molecule has 90 valence electrons. The number of nitrogens with two attached hydrogens (primary N) is 1. The number of aliphatic hydroxyl groups excluding tert-OH is 1. The van der Waals surface area contributed by atoms with Crippen LogP contribution in [0.5, 0.6) is 0 Å². The molecule has 5 heteroatoms. The van der Waals surface area contributed by atoms with Crippen molar-refractivity contribution in [3.63, 3.8) is 0 Å². The van der Waals surface area contributed by atoms with Crippen molar-refractivity contribution in [2.24, 2.45) is 11.7 Å². The molecule has 2 atom stereocenters. The molecule has 0 aliphatic rings. The van der Waals surface area contributed by atoms with Gasteiger partial charge in [-0.2, -0.15) is 13.2 Å². The third-order valence-corrected chi connectivity index (χ3v) is 2.47. The Hall–Kier alpha value is -1.07. The topological polar surface area (TPSA) is 46.2 Å². The molecule has 2 unspecified atom stereocenters. The number of hydrogen-bond acceptors (Lipinski definition) is 2. The van der Waals surface area contributed by atoms with Crippen LogP contribution in [-0.4, -0.2) is 11.7 Å². The van der Waals surface area contributed by atoms with Gasteiger partial charge in [0.1, 0.15) is 0 Å². The molecule has 0 saturated heterocycles. The highest BCUT2D eigenvalue weighted by atomic mass is 19.4. The summed E-state index contributed by atoms with van der Waals surface area (Å²) < 4.78 is 37.2. The van der Waals surface area contributed by atoms with Crippen molar-refractivity contribution < 1.29 is 18.3 Å². The lowest BCUT2D eigenvalue weighted by Crippen LogP contribution is -2.19. The maximum atomic E-state index is 12.4. The molecule has 1 aromatic carbocycles. The molecule has 0 heterocycles. The van der Waals surface area contributed by atoms with Gasteiger partial charge in [0.05, 0.1) is 11.7 Å². The van der Waals surface area contributed by atoms with Crippen molar-refractivity contribution in [1.29, 1.82) is 0 Å². The fourth-order valence-corrected chi connectivity index (χ4v) is 1.36. The minimum atomic E-state index is -4.39. The van der Waals surface area contributed by atoms with Crippen molar-refractivity contribution in [2.75, 3.05) is 6.54 Å². The van der Waals surface area contributed by atoms with E-state index in [2.05, 4.69) is 0 Å². The Morgan fingerprint density at radius 2 is 2.00 bits per heavy atom. The molecule has 1 aromatic rings. The third-order valence-electron chi connectivity index (χ3n) is 2.47. The third kappa shape index (κ3) is 2.96. The van der Waals surface area contributed by atoms with Crippen molar-refractivity contribution in [2.45, 2.75) is 19.2 Å². The number of halogens is 3. The second-order valence-electron chi connectivity index (χ2n) is 3.78. The van der Waals surface area contributed by atoms with Crippen molar-refractivity contribution in [3.8, 4) is 0 Å². The van der Waals surface area contributed by atoms with Crippen molar-refractivity contribution in [3.05, 3.63) is 35.4 Å². The first-order valence-electron chi connectivity index (χ1n) is 4.91. The summed E-state index contributed by atoms with van der Waals surface area (Å²) in [6.45, 7) is 1.91. The molecule has 0 bridgehead atoms. The Kier molecular flexibility index (Phi) is 3.93. The van der Waals surface area contributed by atoms with E-state index in [4.69, 9.17) is 5.73 Å². The summed E-state index contributed by atoms with van der Waals surface area (Å²) in [6.07, 6.45) is -5.35. The van der Waals surface area contributed by atoms with Crippen LogP contribution in [0.3, 0.4) is 0 Å². The lowest BCUT2D eigenvalue weighted by molar-refractivity contribution is -0.137. The van der Waals surface area contributed by atoms with Crippen LogP contribution in [0.4, 0.5) is 13.2 Å². The van der Waals surface area contributed by atoms with Crippen LogP contribution in [0.2, 0.25) is 0 Å². The van der Waals surface area contributed by atoms with Crippen LogP contribution in [0.25, 0.3) is 0 Å². The van der Waals surface area contributed by atoms with E-state index < -0.39 is 17.8 Å².